The van der Waals surface area contributed by atoms with E-state index in [1.807, 2.05) is 0 Å². The topological polar surface area (TPSA) is 71.5 Å². The summed E-state index contributed by atoms with van der Waals surface area (Å²) in [4.78, 5) is 15.4. The lowest BCUT2D eigenvalue weighted by atomic mass is 10.2. The second-order valence-corrected chi connectivity index (χ2v) is 3.91. The third-order valence-corrected chi connectivity index (χ3v) is 2.34. The number of methoxy groups -OCH3 is 1. The molecule has 94 valence electrons. The van der Waals surface area contributed by atoms with Gasteiger partial charge in [0.15, 0.2) is 0 Å². The number of aliphatic hydroxyl groups excluding tert-OH is 1. The molecule has 2 N–H and O–H groups in total. The van der Waals surface area contributed by atoms with E-state index in [0.29, 0.717) is 23.7 Å². The minimum absolute atomic E-state index is 0.237. The van der Waals surface area contributed by atoms with Gasteiger partial charge in [-0.1, -0.05) is 11.6 Å². The number of rotatable bonds is 6. The number of halogens is 1. The lowest BCUT2D eigenvalue weighted by molar-refractivity contribution is 0.0587. The summed E-state index contributed by atoms with van der Waals surface area (Å²) in [5, 5.41) is 12.4. The van der Waals surface area contributed by atoms with Gasteiger partial charge < -0.3 is 15.2 Å². The third kappa shape index (κ3) is 5.12. The van der Waals surface area contributed by atoms with Gasteiger partial charge in [0.25, 0.3) is 5.91 Å². The molecule has 0 bridgehead atoms. The van der Waals surface area contributed by atoms with Gasteiger partial charge in [-0.3, -0.25) is 4.79 Å². The van der Waals surface area contributed by atoms with Crippen molar-refractivity contribution in [2.75, 3.05) is 20.3 Å². The molecule has 1 rings (SSSR count). The first kappa shape index (κ1) is 13.9. The summed E-state index contributed by atoms with van der Waals surface area (Å²) in [6.45, 7) is 0.643. The number of aromatic nitrogens is 1. The van der Waals surface area contributed by atoms with Crippen LogP contribution in [0.1, 0.15) is 16.8 Å². The molecule has 1 atom stereocenters. The Bertz CT molecular complexity index is 356. The largest absolute Gasteiger partial charge is 0.391 e. The van der Waals surface area contributed by atoms with Gasteiger partial charge in [-0.25, -0.2) is 4.98 Å². The van der Waals surface area contributed by atoms with Gasteiger partial charge in [-0.15, -0.1) is 0 Å². The zero-order chi connectivity index (χ0) is 12.7. The van der Waals surface area contributed by atoms with Gasteiger partial charge in [0, 0.05) is 19.9 Å². The quantitative estimate of drug-likeness (QED) is 0.743. The average molecular weight is 259 g/mol. The Kier molecular flexibility index (Phi) is 5.90. The maximum atomic E-state index is 11.6. The van der Waals surface area contributed by atoms with Crippen LogP contribution in [0.3, 0.4) is 0 Å². The maximum absolute atomic E-state index is 11.6. The number of ether oxygens (including phenoxy) is 1. The van der Waals surface area contributed by atoms with Crippen molar-refractivity contribution in [2.24, 2.45) is 0 Å². The van der Waals surface area contributed by atoms with Crippen LogP contribution in [-0.2, 0) is 4.74 Å². The van der Waals surface area contributed by atoms with Gasteiger partial charge >= 0.3 is 0 Å². The second kappa shape index (κ2) is 7.21. The Labute approximate surface area is 105 Å². The van der Waals surface area contributed by atoms with Gasteiger partial charge in [0.05, 0.1) is 18.3 Å². The lowest BCUT2D eigenvalue weighted by Crippen LogP contribution is -2.28. The molecule has 0 fully saturated rings. The molecule has 0 saturated heterocycles. The molecule has 17 heavy (non-hydrogen) atoms. The number of amides is 1. The van der Waals surface area contributed by atoms with Crippen LogP contribution in [0.2, 0.25) is 5.15 Å². The van der Waals surface area contributed by atoms with Gasteiger partial charge in [-0.2, -0.15) is 0 Å². The molecular weight excluding hydrogens is 244 g/mol. The average Bonchev–Trinajstić information content (AvgIpc) is 2.30. The number of carbonyl (C=O) groups excluding carboxylic acids is 1. The van der Waals surface area contributed by atoms with Crippen molar-refractivity contribution in [3.8, 4) is 0 Å². The first-order valence-electron chi connectivity index (χ1n) is 5.20. The van der Waals surface area contributed by atoms with Crippen molar-refractivity contribution in [1.29, 1.82) is 0 Å². The van der Waals surface area contributed by atoms with E-state index in [9.17, 15) is 9.90 Å². The van der Waals surface area contributed by atoms with Crippen LogP contribution in [0.25, 0.3) is 0 Å². The molecule has 0 spiro atoms. The zero-order valence-electron chi connectivity index (χ0n) is 9.52. The molecule has 0 aliphatic carbocycles. The number of aliphatic hydroxyl groups is 1. The normalized spacial score (nSPS) is 12.2. The molecule has 0 aliphatic rings. The zero-order valence-corrected chi connectivity index (χ0v) is 10.3. The highest BCUT2D eigenvalue weighted by atomic mass is 35.5. The number of pyridine rings is 1. The van der Waals surface area contributed by atoms with E-state index in [1.54, 1.807) is 12.1 Å². The standard InChI is InChI=1S/C11H15ClN2O3/c1-17-7-9(15)4-5-13-11(16)8-2-3-10(12)14-6-8/h2-3,6,9,15H,4-5,7H2,1H3,(H,13,16). The van der Waals surface area contributed by atoms with E-state index in [-0.39, 0.29) is 12.5 Å². The third-order valence-electron chi connectivity index (χ3n) is 2.11. The maximum Gasteiger partial charge on any atom is 0.252 e. The van der Waals surface area contributed by atoms with Crippen LogP contribution in [-0.4, -0.2) is 42.4 Å². The Morgan fingerprint density at radius 2 is 2.41 bits per heavy atom. The fourth-order valence-corrected chi connectivity index (χ4v) is 1.35. The van der Waals surface area contributed by atoms with E-state index < -0.39 is 6.10 Å². The molecular formula is C11H15ClN2O3. The molecule has 6 heteroatoms. The Hall–Kier alpha value is -1.17. The first-order chi connectivity index (χ1) is 8.13. The Morgan fingerprint density at radius 3 is 3.00 bits per heavy atom. The Morgan fingerprint density at radius 1 is 1.65 bits per heavy atom. The molecule has 1 aromatic heterocycles. The van der Waals surface area contributed by atoms with Crippen molar-refractivity contribution in [3.63, 3.8) is 0 Å². The number of nitrogens with zero attached hydrogens (tertiary/aromatic N) is 1. The highest BCUT2D eigenvalue weighted by Gasteiger charge is 2.07. The minimum Gasteiger partial charge on any atom is -0.391 e. The summed E-state index contributed by atoms with van der Waals surface area (Å²) in [5.74, 6) is -0.237. The van der Waals surface area contributed by atoms with Crippen molar-refractivity contribution in [1.82, 2.24) is 10.3 Å². The molecule has 1 unspecified atom stereocenters. The van der Waals surface area contributed by atoms with Crippen LogP contribution < -0.4 is 5.32 Å². The summed E-state index contributed by atoms with van der Waals surface area (Å²) >= 11 is 5.61. The fourth-order valence-electron chi connectivity index (χ4n) is 1.24. The van der Waals surface area contributed by atoms with Crippen molar-refractivity contribution >= 4 is 17.5 Å². The number of nitrogens with one attached hydrogen (secondary N) is 1. The second-order valence-electron chi connectivity index (χ2n) is 3.52. The SMILES string of the molecule is COCC(O)CCNC(=O)c1ccc(Cl)nc1. The van der Waals surface area contributed by atoms with E-state index in [2.05, 4.69) is 10.3 Å². The van der Waals surface area contributed by atoms with Crippen LogP contribution in [0.5, 0.6) is 0 Å². The van der Waals surface area contributed by atoms with Crippen LogP contribution >= 0.6 is 11.6 Å². The molecule has 1 amide bonds. The van der Waals surface area contributed by atoms with Crippen LogP contribution in [0, 0.1) is 0 Å². The monoisotopic (exact) mass is 258 g/mol. The summed E-state index contributed by atoms with van der Waals surface area (Å²) < 4.78 is 4.77. The summed E-state index contributed by atoms with van der Waals surface area (Å²) in [7, 11) is 1.52. The molecule has 0 radical (unpaired) electrons. The van der Waals surface area contributed by atoms with Gasteiger partial charge in [0.1, 0.15) is 5.15 Å². The number of hydrogen-bond acceptors (Lipinski definition) is 4. The van der Waals surface area contributed by atoms with Crippen molar-refractivity contribution < 1.29 is 14.6 Å². The predicted octanol–water partition coefficient (Wildman–Crippen LogP) is 0.862. The fraction of sp³-hybridized carbons (Fsp3) is 0.455. The molecule has 0 saturated carbocycles. The van der Waals surface area contributed by atoms with E-state index in [0.717, 1.165) is 0 Å². The summed E-state index contributed by atoms with van der Waals surface area (Å²) in [6, 6.07) is 3.15. The van der Waals surface area contributed by atoms with E-state index in [1.165, 1.54) is 13.3 Å². The van der Waals surface area contributed by atoms with E-state index >= 15 is 0 Å². The lowest BCUT2D eigenvalue weighted by Gasteiger charge is -2.09. The van der Waals surface area contributed by atoms with Crippen molar-refractivity contribution in [3.05, 3.63) is 29.0 Å². The highest BCUT2D eigenvalue weighted by molar-refractivity contribution is 6.29. The number of hydrogen-bond donors (Lipinski definition) is 2. The molecule has 0 aliphatic heterocycles. The molecule has 1 heterocycles. The molecule has 0 aromatic carbocycles. The van der Waals surface area contributed by atoms with Crippen LogP contribution in [0.15, 0.2) is 18.3 Å². The van der Waals surface area contributed by atoms with E-state index in [4.69, 9.17) is 16.3 Å². The van der Waals surface area contributed by atoms with Gasteiger partial charge in [0.2, 0.25) is 0 Å². The van der Waals surface area contributed by atoms with Crippen molar-refractivity contribution in [2.45, 2.75) is 12.5 Å². The summed E-state index contributed by atoms with van der Waals surface area (Å²) in [5.41, 5.74) is 0.440. The molecule has 5 nitrogen and oxygen atoms in total. The minimum atomic E-state index is -0.566. The predicted molar refractivity (Wildman–Crippen MR) is 64.1 cm³/mol. The molecule has 1 aromatic rings. The number of carbonyl (C=O) groups is 1. The summed E-state index contributed by atoms with van der Waals surface area (Å²) in [6.07, 6.45) is 1.28. The highest BCUT2D eigenvalue weighted by Crippen LogP contribution is 2.04. The van der Waals surface area contributed by atoms with Gasteiger partial charge in [-0.05, 0) is 18.6 Å². The Balaban J connectivity index is 2.32. The van der Waals surface area contributed by atoms with Crippen LogP contribution in [0.4, 0.5) is 0 Å². The first-order valence-corrected chi connectivity index (χ1v) is 5.58. The smallest absolute Gasteiger partial charge is 0.252 e.